The molecule has 0 spiro atoms. The molecule has 0 radical (unpaired) electrons. The number of hydrogen-bond donors (Lipinski definition) is 2. The highest BCUT2D eigenvalue weighted by molar-refractivity contribution is 5.85. The lowest BCUT2D eigenvalue weighted by atomic mass is 10.2. The summed E-state index contributed by atoms with van der Waals surface area (Å²) >= 11 is 0. The van der Waals surface area contributed by atoms with Crippen molar-refractivity contribution in [3.63, 3.8) is 0 Å². The van der Waals surface area contributed by atoms with E-state index in [9.17, 15) is 9.18 Å². The average molecular weight is 236 g/mol. The first-order chi connectivity index (χ1) is 8.06. The molecule has 5 nitrogen and oxygen atoms in total. The van der Waals surface area contributed by atoms with E-state index in [0.29, 0.717) is 11.3 Å². The van der Waals surface area contributed by atoms with Crippen LogP contribution in [0.15, 0.2) is 28.9 Å². The Labute approximate surface area is 95.9 Å². The molecule has 0 aliphatic heterocycles. The van der Waals surface area contributed by atoms with Crippen LogP contribution in [0, 0.1) is 12.7 Å². The zero-order valence-electron chi connectivity index (χ0n) is 8.90. The maximum atomic E-state index is 13.2. The van der Waals surface area contributed by atoms with Crippen LogP contribution in [-0.2, 0) is 0 Å². The Morgan fingerprint density at radius 3 is 2.88 bits per heavy atom. The molecule has 17 heavy (non-hydrogen) atoms. The molecule has 0 saturated heterocycles. The maximum absolute atomic E-state index is 13.2. The van der Waals surface area contributed by atoms with Gasteiger partial charge in [-0.15, -0.1) is 0 Å². The van der Waals surface area contributed by atoms with Gasteiger partial charge in [-0.1, -0.05) is 6.07 Å². The fourth-order valence-electron chi connectivity index (χ4n) is 1.22. The average Bonchev–Trinajstić information content (AvgIpc) is 2.72. The Kier molecular flexibility index (Phi) is 2.78. The van der Waals surface area contributed by atoms with Gasteiger partial charge < -0.3 is 14.8 Å². The molecule has 0 amide bonds. The quantitative estimate of drug-likeness (QED) is 0.856. The van der Waals surface area contributed by atoms with Crippen molar-refractivity contribution in [2.45, 2.75) is 6.92 Å². The zero-order chi connectivity index (χ0) is 12.4. The number of halogens is 1. The highest BCUT2D eigenvalue weighted by Crippen LogP contribution is 2.18. The second-order valence-corrected chi connectivity index (χ2v) is 3.43. The van der Waals surface area contributed by atoms with E-state index in [0.717, 1.165) is 6.26 Å². The van der Waals surface area contributed by atoms with Crippen LogP contribution in [0.25, 0.3) is 0 Å². The summed E-state index contributed by atoms with van der Waals surface area (Å²) < 4.78 is 18.1. The molecule has 2 N–H and O–H groups in total. The van der Waals surface area contributed by atoms with Crippen LogP contribution in [0.2, 0.25) is 0 Å². The van der Waals surface area contributed by atoms with Gasteiger partial charge in [0.2, 0.25) is 0 Å². The first-order valence-corrected chi connectivity index (χ1v) is 4.78. The number of aromatic carboxylic acids is 1. The minimum absolute atomic E-state index is 0.00523. The number of carbonyl (C=O) groups is 1. The monoisotopic (exact) mass is 236 g/mol. The number of aryl methyl sites for hydroxylation is 1. The normalized spacial score (nSPS) is 10.2. The summed E-state index contributed by atoms with van der Waals surface area (Å²) in [5, 5.41) is 11.3. The third-order valence-corrected chi connectivity index (χ3v) is 2.15. The van der Waals surface area contributed by atoms with Gasteiger partial charge in [0.1, 0.15) is 12.1 Å². The number of oxazole rings is 1. The van der Waals surface area contributed by atoms with E-state index in [-0.39, 0.29) is 17.5 Å². The van der Waals surface area contributed by atoms with E-state index in [2.05, 4.69) is 10.3 Å². The number of nitrogens with one attached hydrogen (secondary N) is 1. The molecule has 0 bridgehead atoms. The van der Waals surface area contributed by atoms with Crippen molar-refractivity contribution < 1.29 is 18.7 Å². The van der Waals surface area contributed by atoms with E-state index < -0.39 is 5.97 Å². The van der Waals surface area contributed by atoms with Crippen LogP contribution in [0.1, 0.15) is 16.1 Å². The van der Waals surface area contributed by atoms with Gasteiger partial charge in [-0.2, -0.15) is 4.98 Å². The summed E-state index contributed by atoms with van der Waals surface area (Å²) in [6.45, 7) is 1.65. The minimum atomic E-state index is -1.18. The summed E-state index contributed by atoms with van der Waals surface area (Å²) in [4.78, 5) is 14.2. The van der Waals surface area contributed by atoms with Gasteiger partial charge in [-0.25, -0.2) is 9.18 Å². The number of carboxylic acid groups (broad SMARTS) is 1. The largest absolute Gasteiger partial charge is 0.476 e. The molecule has 0 unspecified atom stereocenters. The second-order valence-electron chi connectivity index (χ2n) is 3.43. The fraction of sp³-hybridized carbons (Fsp3) is 0.0909. The van der Waals surface area contributed by atoms with Gasteiger partial charge in [0.05, 0.1) is 0 Å². The number of anilines is 2. The van der Waals surface area contributed by atoms with Gasteiger partial charge in [-0.3, -0.25) is 0 Å². The standard InChI is InChI=1S/C11H9FN2O3/c1-6-2-3-7(4-8(6)12)13-11-14-9(5-17-11)10(15)16/h2-5H,1H3,(H,13,14)(H,15,16). The Bertz CT molecular complexity index is 566. The highest BCUT2D eigenvalue weighted by atomic mass is 19.1. The molecular formula is C11H9FN2O3. The zero-order valence-corrected chi connectivity index (χ0v) is 8.90. The van der Waals surface area contributed by atoms with Crippen molar-refractivity contribution in [2.24, 2.45) is 0 Å². The van der Waals surface area contributed by atoms with Crippen molar-refractivity contribution in [2.75, 3.05) is 5.32 Å². The predicted octanol–water partition coefficient (Wildman–Crippen LogP) is 2.56. The Balaban J connectivity index is 2.19. The molecule has 0 atom stereocenters. The summed E-state index contributed by atoms with van der Waals surface area (Å²) in [5.41, 5.74) is 0.751. The van der Waals surface area contributed by atoms with Crippen LogP contribution < -0.4 is 5.32 Å². The van der Waals surface area contributed by atoms with Crippen LogP contribution >= 0.6 is 0 Å². The molecule has 88 valence electrons. The molecule has 0 saturated carbocycles. The van der Waals surface area contributed by atoms with Crippen molar-refractivity contribution >= 4 is 17.7 Å². The van der Waals surface area contributed by atoms with Gasteiger partial charge in [0, 0.05) is 5.69 Å². The third kappa shape index (κ3) is 2.41. The van der Waals surface area contributed by atoms with Crippen LogP contribution in [-0.4, -0.2) is 16.1 Å². The van der Waals surface area contributed by atoms with Crippen molar-refractivity contribution in [3.05, 3.63) is 41.5 Å². The number of carboxylic acids is 1. The minimum Gasteiger partial charge on any atom is -0.476 e. The van der Waals surface area contributed by atoms with E-state index in [4.69, 9.17) is 9.52 Å². The van der Waals surface area contributed by atoms with Crippen LogP contribution in [0.3, 0.4) is 0 Å². The van der Waals surface area contributed by atoms with E-state index >= 15 is 0 Å². The lowest BCUT2D eigenvalue weighted by molar-refractivity contribution is 0.0690. The molecule has 0 aliphatic carbocycles. The third-order valence-electron chi connectivity index (χ3n) is 2.15. The first kappa shape index (κ1) is 11.1. The van der Waals surface area contributed by atoms with Gasteiger partial charge >= 0.3 is 5.97 Å². The SMILES string of the molecule is Cc1ccc(Nc2nc(C(=O)O)co2)cc1F. The van der Waals surface area contributed by atoms with Gasteiger partial charge in [0.15, 0.2) is 5.69 Å². The van der Waals surface area contributed by atoms with Gasteiger partial charge in [-0.05, 0) is 24.6 Å². The summed E-state index contributed by atoms with van der Waals surface area (Å²) in [5.74, 6) is -1.54. The highest BCUT2D eigenvalue weighted by Gasteiger charge is 2.10. The van der Waals surface area contributed by atoms with E-state index in [1.165, 1.54) is 6.07 Å². The summed E-state index contributed by atoms with van der Waals surface area (Å²) in [6.07, 6.45) is 1.01. The number of aromatic nitrogens is 1. The first-order valence-electron chi connectivity index (χ1n) is 4.78. The predicted molar refractivity (Wildman–Crippen MR) is 57.9 cm³/mol. The molecule has 2 rings (SSSR count). The van der Waals surface area contributed by atoms with Gasteiger partial charge in [0.25, 0.3) is 6.01 Å². The van der Waals surface area contributed by atoms with Crippen molar-refractivity contribution in [1.82, 2.24) is 4.98 Å². The molecule has 0 fully saturated rings. The molecule has 2 aromatic rings. The Morgan fingerprint density at radius 2 is 2.29 bits per heavy atom. The lowest BCUT2D eigenvalue weighted by Gasteiger charge is -2.02. The molecule has 1 aromatic heterocycles. The number of benzene rings is 1. The lowest BCUT2D eigenvalue weighted by Crippen LogP contribution is -1.97. The summed E-state index contributed by atoms with van der Waals surface area (Å²) in [6, 6.07) is 4.52. The molecule has 0 aliphatic rings. The molecule has 1 aromatic carbocycles. The molecule has 1 heterocycles. The molecular weight excluding hydrogens is 227 g/mol. The van der Waals surface area contributed by atoms with E-state index in [1.807, 2.05) is 0 Å². The van der Waals surface area contributed by atoms with Crippen molar-refractivity contribution in [1.29, 1.82) is 0 Å². The Morgan fingerprint density at radius 1 is 1.53 bits per heavy atom. The Hall–Kier alpha value is -2.37. The summed E-state index contributed by atoms with van der Waals surface area (Å²) in [7, 11) is 0. The van der Waals surface area contributed by atoms with Crippen LogP contribution in [0.5, 0.6) is 0 Å². The fourth-order valence-corrected chi connectivity index (χ4v) is 1.22. The number of rotatable bonds is 3. The molecule has 6 heteroatoms. The maximum Gasteiger partial charge on any atom is 0.357 e. The topological polar surface area (TPSA) is 75.4 Å². The van der Waals surface area contributed by atoms with Crippen molar-refractivity contribution in [3.8, 4) is 0 Å². The van der Waals surface area contributed by atoms with Crippen LogP contribution in [0.4, 0.5) is 16.1 Å². The number of nitrogens with zero attached hydrogens (tertiary/aromatic N) is 1. The van der Waals surface area contributed by atoms with E-state index in [1.54, 1.807) is 19.1 Å². The second kappa shape index (κ2) is 4.25. The number of hydrogen-bond acceptors (Lipinski definition) is 4. The smallest absolute Gasteiger partial charge is 0.357 e.